The minimum absolute atomic E-state index is 0.0829. The van der Waals surface area contributed by atoms with Crippen LogP contribution >= 0.6 is 23.2 Å². The molecule has 0 saturated carbocycles. The van der Waals surface area contributed by atoms with Crippen LogP contribution in [0.15, 0.2) is 66.4 Å². The Morgan fingerprint density at radius 1 is 1.03 bits per heavy atom. The first-order chi connectivity index (χ1) is 14.4. The molecule has 0 amide bonds. The molecule has 0 N–H and O–H groups in total. The summed E-state index contributed by atoms with van der Waals surface area (Å²) in [6.45, 7) is -0.240. The number of Topliss-reactive ketones (excluding diaryl/α,β-unsaturated/α-hetero) is 2. The third-order valence-corrected chi connectivity index (χ3v) is 5.11. The van der Waals surface area contributed by atoms with E-state index in [1.165, 1.54) is 36.4 Å². The number of halogens is 3. The van der Waals surface area contributed by atoms with Crippen molar-refractivity contribution in [3.8, 4) is 11.5 Å². The highest BCUT2D eigenvalue weighted by Crippen LogP contribution is 2.36. The zero-order valence-corrected chi connectivity index (χ0v) is 16.8. The van der Waals surface area contributed by atoms with Crippen LogP contribution in [-0.4, -0.2) is 18.2 Å². The fraction of sp³-hybridized carbons (Fsp3) is 0.0435. The van der Waals surface area contributed by atoms with E-state index in [1.807, 2.05) is 0 Å². The summed E-state index contributed by atoms with van der Waals surface area (Å²) >= 11 is 12.3. The fourth-order valence-corrected chi connectivity index (χ4v) is 3.41. The van der Waals surface area contributed by atoms with Crippen LogP contribution in [0.4, 0.5) is 4.39 Å². The third kappa shape index (κ3) is 4.08. The molecule has 0 fully saturated rings. The van der Waals surface area contributed by atoms with Crippen LogP contribution in [0.3, 0.4) is 0 Å². The first kappa shape index (κ1) is 20.1. The number of allylic oxidation sites excluding steroid dienone is 1. The van der Waals surface area contributed by atoms with Gasteiger partial charge in [0.05, 0.1) is 5.56 Å². The lowest BCUT2D eigenvalue weighted by molar-refractivity contribution is 0.0920. The highest BCUT2D eigenvalue weighted by Gasteiger charge is 2.28. The number of hydrogen-bond donors (Lipinski definition) is 0. The molecule has 0 aromatic heterocycles. The van der Waals surface area contributed by atoms with Crippen LogP contribution in [0.1, 0.15) is 26.3 Å². The summed E-state index contributed by atoms with van der Waals surface area (Å²) < 4.78 is 24.1. The first-order valence-electron chi connectivity index (χ1n) is 8.86. The normalized spacial score (nSPS) is 13.8. The monoisotopic (exact) mass is 442 g/mol. The Labute approximate surface area is 181 Å². The van der Waals surface area contributed by atoms with Gasteiger partial charge in [-0.05, 0) is 54.6 Å². The number of hydrogen-bond acceptors (Lipinski definition) is 4. The van der Waals surface area contributed by atoms with Gasteiger partial charge < -0.3 is 9.47 Å². The SMILES string of the molecule is O=C(COc1ccc2c(c1)OC(=Cc1c(Cl)cccc1Cl)C2=O)c1ccc(F)cc1. The van der Waals surface area contributed by atoms with Crippen molar-refractivity contribution in [1.82, 2.24) is 0 Å². The minimum atomic E-state index is -0.421. The van der Waals surface area contributed by atoms with Gasteiger partial charge in [-0.15, -0.1) is 0 Å². The largest absolute Gasteiger partial charge is 0.485 e. The molecule has 0 unspecified atom stereocenters. The van der Waals surface area contributed by atoms with Gasteiger partial charge >= 0.3 is 0 Å². The molecule has 4 rings (SSSR count). The molecule has 3 aromatic rings. The number of rotatable bonds is 5. The van der Waals surface area contributed by atoms with Gasteiger partial charge in [0.15, 0.2) is 18.1 Å². The van der Waals surface area contributed by atoms with Gasteiger partial charge in [-0.25, -0.2) is 4.39 Å². The zero-order chi connectivity index (χ0) is 21.3. The molecule has 30 heavy (non-hydrogen) atoms. The molecule has 4 nitrogen and oxygen atoms in total. The summed E-state index contributed by atoms with van der Waals surface area (Å²) in [7, 11) is 0. The predicted octanol–water partition coefficient (Wildman–Crippen LogP) is 6.01. The Bertz CT molecular complexity index is 1170. The van der Waals surface area contributed by atoms with E-state index in [0.717, 1.165) is 0 Å². The summed E-state index contributed by atoms with van der Waals surface area (Å²) in [5.74, 6) is -0.291. The number of carbonyl (C=O) groups is 2. The van der Waals surface area contributed by atoms with Crippen LogP contribution in [0.2, 0.25) is 10.0 Å². The molecule has 0 radical (unpaired) electrons. The number of benzene rings is 3. The van der Waals surface area contributed by atoms with Gasteiger partial charge in [-0.1, -0.05) is 29.3 Å². The van der Waals surface area contributed by atoms with Crippen LogP contribution in [0.25, 0.3) is 6.08 Å². The maximum Gasteiger partial charge on any atom is 0.231 e. The van der Waals surface area contributed by atoms with Gasteiger partial charge in [-0.3, -0.25) is 9.59 Å². The van der Waals surface area contributed by atoms with Crippen molar-refractivity contribution in [3.63, 3.8) is 0 Å². The molecule has 0 bridgehead atoms. The maximum absolute atomic E-state index is 13.0. The number of ketones is 2. The second-order valence-electron chi connectivity index (χ2n) is 6.45. The third-order valence-electron chi connectivity index (χ3n) is 4.45. The molecule has 1 heterocycles. The second-order valence-corrected chi connectivity index (χ2v) is 7.27. The van der Waals surface area contributed by atoms with Crippen molar-refractivity contribution >= 4 is 40.8 Å². The summed E-state index contributed by atoms with van der Waals surface area (Å²) in [6, 6.07) is 14.9. The van der Waals surface area contributed by atoms with Crippen LogP contribution < -0.4 is 9.47 Å². The molecule has 0 saturated heterocycles. The Hall–Kier alpha value is -3.15. The van der Waals surface area contributed by atoms with E-state index in [-0.39, 0.29) is 23.9 Å². The lowest BCUT2D eigenvalue weighted by Crippen LogP contribution is -2.11. The van der Waals surface area contributed by atoms with E-state index >= 15 is 0 Å². The Balaban J connectivity index is 1.50. The Kier molecular flexibility index (Phi) is 5.57. The van der Waals surface area contributed by atoms with Crippen molar-refractivity contribution in [2.45, 2.75) is 0 Å². The topological polar surface area (TPSA) is 52.6 Å². The maximum atomic E-state index is 13.0. The van der Waals surface area contributed by atoms with Crippen molar-refractivity contribution in [3.05, 3.63) is 99.0 Å². The Morgan fingerprint density at radius 3 is 2.43 bits per heavy atom. The second kappa shape index (κ2) is 8.30. The average Bonchev–Trinajstić information content (AvgIpc) is 3.04. The molecule has 1 aliphatic rings. The quantitative estimate of drug-likeness (QED) is 0.358. The number of fused-ring (bicyclic) bond motifs is 1. The van der Waals surface area contributed by atoms with Gasteiger partial charge in [0.2, 0.25) is 5.78 Å². The summed E-state index contributed by atoms with van der Waals surface area (Å²) in [4.78, 5) is 24.8. The van der Waals surface area contributed by atoms with Crippen molar-refractivity contribution in [1.29, 1.82) is 0 Å². The van der Waals surface area contributed by atoms with Crippen molar-refractivity contribution < 1.29 is 23.5 Å². The summed E-state index contributed by atoms with van der Waals surface area (Å²) in [6.07, 6.45) is 1.49. The average molecular weight is 443 g/mol. The zero-order valence-electron chi connectivity index (χ0n) is 15.3. The molecular formula is C23H13Cl2FO4. The molecule has 0 aliphatic carbocycles. The lowest BCUT2D eigenvalue weighted by Gasteiger charge is -2.07. The van der Waals surface area contributed by atoms with E-state index in [4.69, 9.17) is 32.7 Å². The van der Waals surface area contributed by atoms with Crippen LogP contribution in [0, 0.1) is 5.82 Å². The van der Waals surface area contributed by atoms with Gasteiger partial charge in [-0.2, -0.15) is 0 Å². The fourth-order valence-electron chi connectivity index (χ4n) is 2.90. The first-order valence-corrected chi connectivity index (χ1v) is 9.62. The molecule has 1 aliphatic heterocycles. The molecule has 0 spiro atoms. The van der Waals surface area contributed by atoms with E-state index in [1.54, 1.807) is 30.3 Å². The van der Waals surface area contributed by atoms with E-state index in [2.05, 4.69) is 0 Å². The minimum Gasteiger partial charge on any atom is -0.485 e. The molecule has 7 heteroatoms. The standard InChI is InChI=1S/C23H13Cl2FO4/c24-18-2-1-3-19(25)17(18)11-22-23(28)16-9-8-15(10-21(16)30-22)29-12-20(27)13-4-6-14(26)7-5-13/h1-11H,12H2. The van der Waals surface area contributed by atoms with E-state index in [9.17, 15) is 14.0 Å². The predicted molar refractivity (Wildman–Crippen MR) is 112 cm³/mol. The molecule has 3 aromatic carbocycles. The number of ether oxygens (including phenoxy) is 2. The van der Waals surface area contributed by atoms with Gasteiger partial charge in [0, 0.05) is 27.2 Å². The highest BCUT2D eigenvalue weighted by molar-refractivity contribution is 6.37. The van der Waals surface area contributed by atoms with Crippen molar-refractivity contribution in [2.75, 3.05) is 6.61 Å². The summed E-state index contributed by atoms with van der Waals surface area (Å²) in [5, 5.41) is 0.788. The Morgan fingerprint density at radius 2 is 1.73 bits per heavy atom. The van der Waals surface area contributed by atoms with E-state index in [0.29, 0.717) is 38.2 Å². The van der Waals surface area contributed by atoms with Gasteiger partial charge in [0.25, 0.3) is 0 Å². The van der Waals surface area contributed by atoms with Crippen molar-refractivity contribution in [2.24, 2.45) is 0 Å². The highest BCUT2D eigenvalue weighted by atomic mass is 35.5. The van der Waals surface area contributed by atoms with Crippen LogP contribution in [0.5, 0.6) is 11.5 Å². The van der Waals surface area contributed by atoms with Crippen LogP contribution in [-0.2, 0) is 0 Å². The van der Waals surface area contributed by atoms with Gasteiger partial charge in [0.1, 0.15) is 17.3 Å². The summed E-state index contributed by atoms with van der Waals surface area (Å²) in [5.41, 5.74) is 1.19. The molecule has 0 atom stereocenters. The number of carbonyl (C=O) groups excluding carboxylic acids is 2. The lowest BCUT2D eigenvalue weighted by atomic mass is 10.1. The smallest absolute Gasteiger partial charge is 0.231 e. The van der Waals surface area contributed by atoms with E-state index < -0.39 is 5.82 Å². The molecule has 150 valence electrons. The molecular weight excluding hydrogens is 430 g/mol.